The number of hydrogen-bond acceptors (Lipinski definition) is 4. The molecule has 1 aromatic heterocycles. The van der Waals surface area contributed by atoms with Crippen LogP contribution in [0.3, 0.4) is 0 Å². The van der Waals surface area contributed by atoms with Gasteiger partial charge in [0.1, 0.15) is 0 Å². The molecule has 1 amide bonds. The van der Waals surface area contributed by atoms with Crippen molar-refractivity contribution >= 4 is 26.8 Å². The number of amides is 1. The van der Waals surface area contributed by atoms with Crippen LogP contribution in [0.15, 0.2) is 47.4 Å². The summed E-state index contributed by atoms with van der Waals surface area (Å²) in [6.45, 7) is 4.60. The molecule has 1 N–H and O–H groups in total. The van der Waals surface area contributed by atoms with Gasteiger partial charge in [0, 0.05) is 60.3 Å². The van der Waals surface area contributed by atoms with Gasteiger partial charge in [-0.15, -0.1) is 0 Å². The summed E-state index contributed by atoms with van der Waals surface area (Å²) in [6, 6.07) is 12.7. The van der Waals surface area contributed by atoms with E-state index in [1.165, 1.54) is 21.6 Å². The number of ether oxygens (including phenoxy) is 1. The fraction of sp³-hybridized carbons (Fsp3) is 0.348. The normalized spacial score (nSPS) is 17.6. The van der Waals surface area contributed by atoms with E-state index in [0.717, 1.165) is 22.9 Å². The minimum Gasteiger partial charge on any atom is -0.379 e. The molecule has 31 heavy (non-hydrogen) atoms. The molecule has 1 fully saturated rings. The second-order valence-electron chi connectivity index (χ2n) is 8.15. The van der Waals surface area contributed by atoms with E-state index in [1.807, 2.05) is 0 Å². The van der Waals surface area contributed by atoms with E-state index in [-0.39, 0.29) is 10.8 Å². The predicted molar refractivity (Wildman–Crippen MR) is 118 cm³/mol. The van der Waals surface area contributed by atoms with Crippen LogP contribution in [-0.2, 0) is 27.7 Å². The Hall–Kier alpha value is -2.68. The Morgan fingerprint density at radius 3 is 2.68 bits per heavy atom. The van der Waals surface area contributed by atoms with Crippen LogP contribution in [0.2, 0.25) is 0 Å². The number of benzene rings is 2. The van der Waals surface area contributed by atoms with Gasteiger partial charge in [0.15, 0.2) is 0 Å². The van der Waals surface area contributed by atoms with E-state index >= 15 is 0 Å². The van der Waals surface area contributed by atoms with Gasteiger partial charge in [-0.05, 0) is 37.3 Å². The van der Waals surface area contributed by atoms with Crippen LogP contribution in [-0.4, -0.2) is 61.4 Å². The number of carbonyl (C=O) groups excluding carboxylic acids is 1. The van der Waals surface area contributed by atoms with Gasteiger partial charge < -0.3 is 14.6 Å². The molecule has 1 saturated heterocycles. The maximum absolute atomic E-state index is 13.3. The van der Waals surface area contributed by atoms with Crippen molar-refractivity contribution in [3.63, 3.8) is 0 Å². The second-order valence-corrected chi connectivity index (χ2v) is 10.1. The number of aryl methyl sites for hydroxylation is 1. The van der Waals surface area contributed by atoms with Crippen molar-refractivity contribution < 1.29 is 17.9 Å². The highest BCUT2D eigenvalue weighted by molar-refractivity contribution is 7.89. The molecule has 162 valence electrons. The molecule has 3 aromatic rings. The molecular formula is C23H25N3O4S. The Labute approximate surface area is 181 Å². The van der Waals surface area contributed by atoms with E-state index in [4.69, 9.17) is 4.74 Å². The molecule has 0 aliphatic carbocycles. The Kier molecular flexibility index (Phi) is 5.08. The Morgan fingerprint density at radius 2 is 1.87 bits per heavy atom. The van der Waals surface area contributed by atoms with Crippen LogP contribution in [0.5, 0.6) is 0 Å². The van der Waals surface area contributed by atoms with Crippen molar-refractivity contribution in [2.24, 2.45) is 0 Å². The summed E-state index contributed by atoms with van der Waals surface area (Å²) >= 11 is 0. The Balaban J connectivity index is 1.42. The van der Waals surface area contributed by atoms with Crippen molar-refractivity contribution in [1.82, 2.24) is 14.2 Å². The molecule has 0 atom stereocenters. The fourth-order valence-electron chi connectivity index (χ4n) is 4.41. The molecule has 2 aliphatic heterocycles. The lowest BCUT2D eigenvalue weighted by molar-refractivity contribution is 0.0727. The lowest BCUT2D eigenvalue weighted by atomic mass is 10.0. The molecule has 7 nitrogen and oxygen atoms in total. The van der Waals surface area contributed by atoms with Crippen molar-refractivity contribution in [2.75, 3.05) is 32.8 Å². The molecule has 0 bridgehead atoms. The lowest BCUT2D eigenvalue weighted by Crippen LogP contribution is -2.40. The molecular weight excluding hydrogens is 414 g/mol. The van der Waals surface area contributed by atoms with E-state index in [1.54, 1.807) is 23.1 Å². The zero-order valence-corrected chi connectivity index (χ0v) is 18.2. The highest BCUT2D eigenvalue weighted by Gasteiger charge is 2.29. The van der Waals surface area contributed by atoms with E-state index in [0.29, 0.717) is 45.0 Å². The molecule has 2 aromatic carbocycles. The zero-order chi connectivity index (χ0) is 21.6. The molecule has 0 spiro atoms. The largest absolute Gasteiger partial charge is 0.379 e. The molecule has 0 unspecified atom stereocenters. The van der Waals surface area contributed by atoms with Gasteiger partial charge in [-0.2, -0.15) is 4.31 Å². The number of hydrogen-bond donors (Lipinski definition) is 1. The zero-order valence-electron chi connectivity index (χ0n) is 17.4. The average molecular weight is 440 g/mol. The maximum atomic E-state index is 13.3. The van der Waals surface area contributed by atoms with Crippen LogP contribution >= 0.6 is 0 Å². The van der Waals surface area contributed by atoms with E-state index in [9.17, 15) is 13.2 Å². The predicted octanol–water partition coefficient (Wildman–Crippen LogP) is 2.70. The van der Waals surface area contributed by atoms with Crippen molar-refractivity contribution in [2.45, 2.75) is 24.8 Å². The molecule has 3 heterocycles. The summed E-state index contributed by atoms with van der Waals surface area (Å²) < 4.78 is 32.7. The minimum absolute atomic E-state index is 0.147. The average Bonchev–Trinajstić information content (AvgIpc) is 3.16. The summed E-state index contributed by atoms with van der Waals surface area (Å²) in [4.78, 5) is 18.7. The maximum Gasteiger partial charge on any atom is 0.254 e. The first kappa shape index (κ1) is 20.2. The van der Waals surface area contributed by atoms with Crippen molar-refractivity contribution in [1.29, 1.82) is 0 Å². The molecule has 2 aliphatic rings. The molecule has 0 saturated carbocycles. The first-order chi connectivity index (χ1) is 14.9. The highest BCUT2D eigenvalue weighted by atomic mass is 32.2. The summed E-state index contributed by atoms with van der Waals surface area (Å²) in [5.74, 6) is -0.147. The Morgan fingerprint density at radius 1 is 1.06 bits per heavy atom. The third-order valence-corrected chi connectivity index (χ3v) is 8.00. The monoisotopic (exact) mass is 439 g/mol. The fourth-order valence-corrected chi connectivity index (χ4v) is 5.86. The number of aromatic nitrogens is 1. The summed E-state index contributed by atoms with van der Waals surface area (Å²) in [7, 11) is -3.64. The second kappa shape index (κ2) is 7.78. The molecule has 0 radical (unpaired) electrons. The summed E-state index contributed by atoms with van der Waals surface area (Å²) in [6.07, 6.45) is 0.751. The minimum atomic E-state index is -3.64. The van der Waals surface area contributed by atoms with E-state index in [2.05, 4.69) is 30.1 Å². The van der Waals surface area contributed by atoms with Gasteiger partial charge in [0.25, 0.3) is 5.91 Å². The van der Waals surface area contributed by atoms with E-state index < -0.39 is 10.0 Å². The van der Waals surface area contributed by atoms with Crippen LogP contribution < -0.4 is 0 Å². The van der Waals surface area contributed by atoms with Gasteiger partial charge in [-0.3, -0.25) is 4.79 Å². The summed E-state index contributed by atoms with van der Waals surface area (Å²) in [5.41, 5.74) is 4.99. The number of fused-ring (bicyclic) bond motifs is 3. The first-order valence-electron chi connectivity index (χ1n) is 10.5. The lowest BCUT2D eigenvalue weighted by Gasteiger charge is -2.28. The number of H-pyrrole nitrogens is 1. The standard InChI is InChI=1S/C23H25N3O4S/c1-16-5-6-21-19(13-16)20-15-25(8-7-22(20)24-21)23(27)17-3-2-4-18(14-17)31(28,29)26-9-11-30-12-10-26/h2-6,13-14,24H,7-12,15H2,1H3. The van der Waals surface area contributed by atoms with Crippen molar-refractivity contribution in [3.8, 4) is 0 Å². The van der Waals surface area contributed by atoms with Gasteiger partial charge in [0.2, 0.25) is 10.0 Å². The number of sulfonamides is 1. The Bertz CT molecular complexity index is 1260. The topological polar surface area (TPSA) is 82.7 Å². The number of rotatable bonds is 3. The molecule has 8 heteroatoms. The molecule has 5 rings (SSSR count). The van der Waals surface area contributed by atoms with Gasteiger partial charge in [0.05, 0.1) is 18.1 Å². The number of nitrogens with zero attached hydrogens (tertiary/aromatic N) is 2. The number of carbonyl (C=O) groups is 1. The summed E-state index contributed by atoms with van der Waals surface area (Å²) in [5, 5.41) is 1.15. The smallest absolute Gasteiger partial charge is 0.254 e. The van der Waals surface area contributed by atoms with Crippen LogP contribution in [0, 0.1) is 6.92 Å². The quantitative estimate of drug-likeness (QED) is 0.680. The highest BCUT2D eigenvalue weighted by Crippen LogP contribution is 2.29. The number of morpholine rings is 1. The van der Waals surface area contributed by atoms with Crippen molar-refractivity contribution in [3.05, 3.63) is 64.8 Å². The van der Waals surface area contributed by atoms with Crippen LogP contribution in [0.1, 0.15) is 27.2 Å². The SMILES string of the molecule is Cc1ccc2[nH]c3c(c2c1)CN(C(=O)c1cccc(S(=O)(=O)N2CCOCC2)c1)CC3. The number of nitrogens with one attached hydrogen (secondary N) is 1. The van der Waals surface area contributed by atoms with Crippen LogP contribution in [0.25, 0.3) is 10.9 Å². The third-order valence-electron chi connectivity index (χ3n) is 6.11. The first-order valence-corrected chi connectivity index (χ1v) is 11.9. The van der Waals surface area contributed by atoms with Gasteiger partial charge in [-0.1, -0.05) is 17.7 Å². The third kappa shape index (κ3) is 3.64. The number of aromatic amines is 1. The van der Waals surface area contributed by atoms with Crippen LogP contribution in [0.4, 0.5) is 0 Å². The van der Waals surface area contributed by atoms with Gasteiger partial charge >= 0.3 is 0 Å². The van der Waals surface area contributed by atoms with Gasteiger partial charge in [-0.25, -0.2) is 8.42 Å².